The van der Waals surface area contributed by atoms with Gasteiger partial charge in [-0.15, -0.1) is 11.3 Å². The maximum absolute atomic E-state index is 5.02. The van der Waals surface area contributed by atoms with Crippen LogP contribution in [-0.2, 0) is 57.3 Å². The maximum atomic E-state index is 5.02. The van der Waals surface area contributed by atoms with Gasteiger partial charge in [0.05, 0.1) is 10.7 Å². The Hall–Kier alpha value is -4.56. The fourth-order valence-electron chi connectivity index (χ4n) is 9.47. The van der Waals surface area contributed by atoms with E-state index in [4.69, 9.17) is 4.98 Å². The lowest BCUT2D eigenvalue weighted by Gasteiger charge is -2.44. The standard InChI is InChI=1S/C47H52N6S/c1-6-51-24-19-43-39(30-51)37-27-32(2)7-13-41(37)52(43)25-17-34-9-11-35(12-10-34)29-47(4)46-38-28-33(3)8-14-42(38)53(44(46)18-23-50(47)5)26-20-45-49-40(31-54-45)36-15-21-48-22-16-36/h7-16,21-22,27-28,31H,6,17-20,23-26,29-30H2,1-5H3. The van der Waals surface area contributed by atoms with Crippen LogP contribution >= 0.6 is 11.3 Å². The molecule has 54 heavy (non-hydrogen) atoms. The molecule has 4 aromatic heterocycles. The predicted octanol–water partition coefficient (Wildman–Crippen LogP) is 9.54. The molecule has 7 aromatic rings. The largest absolute Gasteiger partial charge is 0.344 e. The molecule has 7 heteroatoms. The summed E-state index contributed by atoms with van der Waals surface area (Å²) in [4.78, 5) is 14.4. The quantitative estimate of drug-likeness (QED) is 0.141. The highest BCUT2D eigenvalue weighted by Gasteiger charge is 2.40. The first-order valence-electron chi connectivity index (χ1n) is 19.9. The summed E-state index contributed by atoms with van der Waals surface area (Å²) in [6.45, 7) is 15.6. The monoisotopic (exact) mass is 732 g/mol. The number of thiazole rings is 1. The van der Waals surface area contributed by atoms with Crippen molar-refractivity contribution in [1.82, 2.24) is 28.9 Å². The molecule has 0 saturated heterocycles. The summed E-state index contributed by atoms with van der Waals surface area (Å²) in [6, 6.07) is 27.8. The molecule has 9 rings (SSSR count). The summed E-state index contributed by atoms with van der Waals surface area (Å²) in [6.07, 6.45) is 8.82. The third kappa shape index (κ3) is 6.30. The van der Waals surface area contributed by atoms with Gasteiger partial charge in [-0.3, -0.25) is 14.8 Å². The van der Waals surface area contributed by atoms with E-state index in [9.17, 15) is 0 Å². The number of benzene rings is 3. The molecule has 0 amide bonds. The van der Waals surface area contributed by atoms with E-state index < -0.39 is 0 Å². The Kier molecular flexibility index (Phi) is 9.28. The van der Waals surface area contributed by atoms with E-state index in [1.54, 1.807) is 22.6 Å². The Balaban J connectivity index is 0.967. The lowest BCUT2D eigenvalue weighted by atomic mass is 9.79. The Bertz CT molecular complexity index is 2450. The summed E-state index contributed by atoms with van der Waals surface area (Å²) in [5, 5.41) is 6.23. The molecule has 1 unspecified atom stereocenters. The molecular formula is C47H52N6S. The van der Waals surface area contributed by atoms with Crippen LogP contribution in [-0.4, -0.2) is 55.6 Å². The maximum Gasteiger partial charge on any atom is 0.0950 e. The van der Waals surface area contributed by atoms with Crippen LogP contribution in [0.5, 0.6) is 0 Å². The lowest BCUT2D eigenvalue weighted by molar-refractivity contribution is 0.123. The second-order valence-electron chi connectivity index (χ2n) is 16.0. The third-order valence-corrected chi connectivity index (χ3v) is 13.5. The third-order valence-electron chi connectivity index (χ3n) is 12.6. The minimum Gasteiger partial charge on any atom is -0.344 e. The molecule has 6 heterocycles. The molecule has 0 spiro atoms. The molecule has 0 radical (unpaired) electrons. The molecule has 3 aromatic carbocycles. The van der Waals surface area contributed by atoms with E-state index in [1.807, 2.05) is 24.5 Å². The van der Waals surface area contributed by atoms with Gasteiger partial charge in [-0.1, -0.05) is 54.4 Å². The number of aromatic nitrogens is 4. The molecule has 2 aliphatic rings. The molecule has 0 N–H and O–H groups in total. The van der Waals surface area contributed by atoms with E-state index in [1.165, 1.54) is 60.3 Å². The number of rotatable bonds is 10. The summed E-state index contributed by atoms with van der Waals surface area (Å²) < 4.78 is 5.26. The zero-order chi connectivity index (χ0) is 37.0. The van der Waals surface area contributed by atoms with Crippen LogP contribution in [0.4, 0.5) is 0 Å². The highest BCUT2D eigenvalue weighted by molar-refractivity contribution is 7.09. The summed E-state index contributed by atoms with van der Waals surface area (Å²) in [5.41, 5.74) is 16.4. The number of hydrogen-bond donors (Lipinski definition) is 0. The molecular weight excluding hydrogens is 681 g/mol. The van der Waals surface area contributed by atoms with Gasteiger partial charge in [0.15, 0.2) is 0 Å². The Morgan fingerprint density at radius 2 is 1.43 bits per heavy atom. The van der Waals surface area contributed by atoms with Gasteiger partial charge in [0, 0.05) is 120 Å². The highest BCUT2D eigenvalue weighted by Crippen LogP contribution is 2.44. The molecule has 0 saturated carbocycles. The number of nitrogens with zero attached hydrogens (tertiary/aromatic N) is 6. The lowest BCUT2D eigenvalue weighted by Crippen LogP contribution is -2.48. The van der Waals surface area contributed by atoms with Gasteiger partial charge in [-0.2, -0.15) is 0 Å². The highest BCUT2D eigenvalue weighted by atomic mass is 32.1. The second kappa shape index (κ2) is 14.3. The molecule has 1 atom stereocenters. The van der Waals surface area contributed by atoms with Crippen LogP contribution in [0.1, 0.15) is 63.6 Å². The van der Waals surface area contributed by atoms with Crippen molar-refractivity contribution in [2.75, 3.05) is 26.7 Å². The SMILES string of the molecule is CCN1CCc2c(c3cc(C)ccc3n2CCc2ccc(CC3(C)c4c(n(CCc5nc(-c6ccncc6)cs5)c5ccc(C)cc45)CCN3C)cc2)C1. The zero-order valence-electron chi connectivity index (χ0n) is 32.5. The van der Waals surface area contributed by atoms with Gasteiger partial charge in [0.2, 0.25) is 0 Å². The molecule has 6 nitrogen and oxygen atoms in total. The van der Waals surface area contributed by atoms with E-state index in [2.05, 4.69) is 125 Å². The Morgan fingerprint density at radius 3 is 2.19 bits per heavy atom. The van der Waals surface area contributed by atoms with Crippen LogP contribution in [0.25, 0.3) is 33.1 Å². The van der Waals surface area contributed by atoms with Crippen LogP contribution < -0.4 is 0 Å². The Morgan fingerprint density at radius 1 is 0.759 bits per heavy atom. The van der Waals surface area contributed by atoms with Crippen molar-refractivity contribution in [3.63, 3.8) is 0 Å². The number of likely N-dealkylation sites (N-methyl/N-ethyl adjacent to an activating group) is 2. The Labute approximate surface area is 324 Å². The van der Waals surface area contributed by atoms with Crippen molar-refractivity contribution in [2.45, 2.75) is 85.0 Å². The van der Waals surface area contributed by atoms with Crippen molar-refractivity contribution in [2.24, 2.45) is 0 Å². The number of pyridine rings is 1. The van der Waals surface area contributed by atoms with Gasteiger partial charge in [-0.05, 0) is 100 Å². The fraction of sp³-hybridized carbons (Fsp3) is 0.362. The average Bonchev–Trinajstić information content (AvgIpc) is 3.88. The van der Waals surface area contributed by atoms with Gasteiger partial charge in [0.1, 0.15) is 0 Å². The van der Waals surface area contributed by atoms with Crippen molar-refractivity contribution < 1.29 is 0 Å². The first-order valence-corrected chi connectivity index (χ1v) is 20.8. The molecule has 0 bridgehead atoms. The molecule has 0 aliphatic carbocycles. The summed E-state index contributed by atoms with van der Waals surface area (Å²) in [5.74, 6) is 0. The number of aryl methyl sites for hydroxylation is 6. The average molecular weight is 733 g/mol. The predicted molar refractivity (Wildman–Crippen MR) is 225 cm³/mol. The van der Waals surface area contributed by atoms with E-state index in [-0.39, 0.29) is 5.54 Å². The van der Waals surface area contributed by atoms with Crippen molar-refractivity contribution in [3.05, 3.63) is 140 Å². The van der Waals surface area contributed by atoms with E-state index >= 15 is 0 Å². The van der Waals surface area contributed by atoms with Crippen LogP contribution in [0.2, 0.25) is 0 Å². The minimum absolute atomic E-state index is 0.115. The van der Waals surface area contributed by atoms with Crippen molar-refractivity contribution in [3.8, 4) is 11.3 Å². The van der Waals surface area contributed by atoms with Crippen molar-refractivity contribution >= 4 is 33.1 Å². The van der Waals surface area contributed by atoms with Crippen LogP contribution in [0, 0.1) is 13.8 Å². The van der Waals surface area contributed by atoms with Gasteiger partial charge >= 0.3 is 0 Å². The topological polar surface area (TPSA) is 42.1 Å². The molecule has 276 valence electrons. The number of fused-ring (bicyclic) bond motifs is 6. The molecule has 2 aliphatic heterocycles. The van der Waals surface area contributed by atoms with Gasteiger partial charge < -0.3 is 9.13 Å². The van der Waals surface area contributed by atoms with Crippen LogP contribution in [0.3, 0.4) is 0 Å². The first kappa shape index (κ1) is 35.2. The minimum atomic E-state index is -0.115. The number of hydrogen-bond acceptors (Lipinski definition) is 5. The second-order valence-corrected chi connectivity index (χ2v) is 17.0. The van der Waals surface area contributed by atoms with Gasteiger partial charge in [0.25, 0.3) is 0 Å². The first-order chi connectivity index (χ1) is 26.3. The van der Waals surface area contributed by atoms with E-state index in [0.29, 0.717) is 0 Å². The zero-order valence-corrected chi connectivity index (χ0v) is 33.3. The fourth-order valence-corrected chi connectivity index (χ4v) is 10.3. The summed E-state index contributed by atoms with van der Waals surface area (Å²) >= 11 is 1.77. The smallest absolute Gasteiger partial charge is 0.0950 e. The normalized spacial score (nSPS) is 17.7. The molecule has 0 fully saturated rings. The van der Waals surface area contributed by atoms with Crippen molar-refractivity contribution in [1.29, 1.82) is 0 Å². The van der Waals surface area contributed by atoms with Crippen LogP contribution in [0.15, 0.2) is 90.6 Å². The van der Waals surface area contributed by atoms with E-state index in [0.717, 1.165) is 82.6 Å². The summed E-state index contributed by atoms with van der Waals surface area (Å²) in [7, 11) is 2.33. The van der Waals surface area contributed by atoms with Gasteiger partial charge in [-0.25, -0.2) is 4.98 Å².